The number of aromatic nitrogens is 6. The Balaban J connectivity index is 1.15. The Labute approximate surface area is 326 Å². The molecule has 1 aliphatic rings. The maximum absolute atomic E-state index is 8.86. The minimum Gasteiger partial charge on any atom is -0.457 e. The van der Waals surface area contributed by atoms with E-state index in [4.69, 9.17) is 25.4 Å². The van der Waals surface area contributed by atoms with Gasteiger partial charge >= 0.3 is 0 Å². The fourth-order valence-corrected chi connectivity index (χ4v) is 8.41. The van der Waals surface area contributed by atoms with Gasteiger partial charge in [-0.25, -0.2) is 4.98 Å². The van der Waals surface area contributed by atoms with Crippen molar-refractivity contribution in [3.63, 3.8) is 0 Å². The lowest BCUT2D eigenvalue weighted by molar-refractivity contribution is 0.481. The lowest BCUT2D eigenvalue weighted by atomic mass is 10.0. The highest BCUT2D eigenvalue weighted by molar-refractivity contribution is 6.12. The standard InChI is InChI=1S/C48H44N6O/c1-5-31-13-11-16-40-41-17-12-14-32(6-2)48(41)52(47(31)40)34-23-24-49-46(28-34)53-44-20-10-7-15-38(44)39-22-21-36(29-45(39)53)55-37-26-33(30(3)4)25-35(27-37)54-50-42-18-8-9-19-43(42)51-54/h7,10-17,20-30H,5-6,8-9,18-19H2,1-4H3/i5D2,6D2. The van der Waals surface area contributed by atoms with Gasteiger partial charge in [-0.1, -0.05) is 82.3 Å². The van der Waals surface area contributed by atoms with Crippen LogP contribution in [0.4, 0.5) is 0 Å². The van der Waals surface area contributed by atoms with Crippen LogP contribution in [-0.4, -0.2) is 29.1 Å². The molecule has 0 radical (unpaired) electrons. The van der Waals surface area contributed by atoms with E-state index >= 15 is 0 Å². The van der Waals surface area contributed by atoms with E-state index in [-0.39, 0.29) is 5.92 Å². The molecule has 10 rings (SSSR count). The number of hydrogen-bond acceptors (Lipinski definition) is 4. The van der Waals surface area contributed by atoms with E-state index in [0.717, 1.165) is 86.6 Å². The molecule has 5 aromatic carbocycles. The van der Waals surface area contributed by atoms with Crippen LogP contribution < -0.4 is 4.74 Å². The van der Waals surface area contributed by atoms with Crippen molar-refractivity contribution >= 4 is 43.6 Å². The molecule has 55 heavy (non-hydrogen) atoms. The van der Waals surface area contributed by atoms with E-state index in [1.807, 2.05) is 77.4 Å². The molecule has 1 aliphatic carbocycles. The number of ether oxygens (including phenoxy) is 1. The van der Waals surface area contributed by atoms with E-state index in [1.54, 1.807) is 24.8 Å². The lowest BCUT2D eigenvalue weighted by Crippen LogP contribution is -2.03. The van der Waals surface area contributed by atoms with Crippen LogP contribution in [0.3, 0.4) is 0 Å². The third-order valence-electron chi connectivity index (χ3n) is 11.1. The molecule has 0 amide bonds. The summed E-state index contributed by atoms with van der Waals surface area (Å²) in [6, 6.07) is 36.0. The van der Waals surface area contributed by atoms with Crippen molar-refractivity contribution in [3.8, 4) is 28.7 Å². The number of para-hydroxylation sites is 3. The maximum Gasteiger partial charge on any atom is 0.139 e. The normalized spacial score (nSPS) is 14.7. The topological polar surface area (TPSA) is 62.7 Å². The predicted octanol–water partition coefficient (Wildman–Crippen LogP) is 11.8. The molecule has 9 aromatic rings. The molecule has 272 valence electrons. The lowest BCUT2D eigenvalue weighted by Gasteiger charge is -2.15. The van der Waals surface area contributed by atoms with Gasteiger partial charge in [0.05, 0.1) is 44.8 Å². The molecule has 4 aromatic heterocycles. The van der Waals surface area contributed by atoms with Gasteiger partial charge in [-0.15, -0.1) is 0 Å². The largest absolute Gasteiger partial charge is 0.457 e. The molecule has 0 saturated carbocycles. The monoisotopic (exact) mass is 724 g/mol. The predicted molar refractivity (Wildman–Crippen MR) is 224 cm³/mol. The molecule has 0 bridgehead atoms. The summed E-state index contributed by atoms with van der Waals surface area (Å²) in [4.78, 5) is 6.72. The van der Waals surface area contributed by atoms with Gasteiger partial charge in [0, 0.05) is 51.4 Å². The molecule has 0 saturated heterocycles. The Bertz CT molecular complexity index is 3020. The first-order chi connectivity index (χ1) is 28.3. The molecule has 7 heteroatoms. The Hall–Kier alpha value is -6.21. The molecule has 0 N–H and O–H groups in total. The highest BCUT2D eigenvalue weighted by Crippen LogP contribution is 2.39. The zero-order valence-corrected chi connectivity index (χ0v) is 31.5. The second-order valence-electron chi connectivity index (χ2n) is 14.7. The van der Waals surface area contributed by atoms with Gasteiger partial charge in [0.1, 0.15) is 17.3 Å². The van der Waals surface area contributed by atoms with Gasteiger partial charge in [0.15, 0.2) is 0 Å². The van der Waals surface area contributed by atoms with Gasteiger partial charge in [-0.05, 0) is 97.4 Å². The molecule has 0 atom stereocenters. The summed E-state index contributed by atoms with van der Waals surface area (Å²) < 4.78 is 46.3. The molecule has 0 fully saturated rings. The first kappa shape index (κ1) is 29.2. The first-order valence-corrected chi connectivity index (χ1v) is 19.2. The van der Waals surface area contributed by atoms with Crippen molar-refractivity contribution in [2.45, 2.75) is 72.0 Å². The summed E-state index contributed by atoms with van der Waals surface area (Å²) in [5.41, 5.74) is 9.26. The second kappa shape index (κ2) is 13.3. The minimum absolute atomic E-state index is 0.263. The van der Waals surface area contributed by atoms with Gasteiger partial charge in [0.25, 0.3) is 0 Å². The highest BCUT2D eigenvalue weighted by Gasteiger charge is 2.21. The first-order valence-electron chi connectivity index (χ1n) is 21.2. The van der Waals surface area contributed by atoms with Crippen molar-refractivity contribution in [1.82, 2.24) is 29.1 Å². The van der Waals surface area contributed by atoms with Crippen LogP contribution in [0.2, 0.25) is 0 Å². The highest BCUT2D eigenvalue weighted by atomic mass is 16.5. The zero-order chi connectivity index (χ0) is 40.8. The van der Waals surface area contributed by atoms with E-state index < -0.39 is 12.7 Å². The van der Waals surface area contributed by atoms with Crippen molar-refractivity contribution in [2.24, 2.45) is 0 Å². The van der Waals surface area contributed by atoms with Crippen LogP contribution in [0.1, 0.15) is 80.0 Å². The molecule has 0 aliphatic heterocycles. The fourth-order valence-electron chi connectivity index (χ4n) is 8.41. The van der Waals surface area contributed by atoms with E-state index in [0.29, 0.717) is 39.5 Å². The summed E-state index contributed by atoms with van der Waals surface area (Å²) in [7, 11) is 0. The molecule has 7 nitrogen and oxygen atoms in total. The fraction of sp³-hybridized carbons (Fsp3) is 0.229. The number of pyridine rings is 1. The number of aryl methyl sites for hydroxylation is 4. The number of fused-ring (bicyclic) bond motifs is 7. The van der Waals surface area contributed by atoms with Crippen LogP contribution in [0, 0.1) is 0 Å². The maximum atomic E-state index is 8.86. The third kappa shape index (κ3) is 5.52. The Morgan fingerprint density at radius 2 is 1.31 bits per heavy atom. The summed E-state index contributed by atoms with van der Waals surface area (Å²) in [5.74, 6) is 2.30. The third-order valence-corrected chi connectivity index (χ3v) is 11.1. The van der Waals surface area contributed by atoms with Gasteiger partial charge in [-0.2, -0.15) is 15.0 Å². The number of nitrogens with zero attached hydrogens (tertiary/aromatic N) is 6. The van der Waals surface area contributed by atoms with Crippen molar-refractivity contribution in [1.29, 1.82) is 0 Å². The Kier molecular flexibility index (Phi) is 7.04. The average molecular weight is 725 g/mol. The molecule has 4 heterocycles. The van der Waals surface area contributed by atoms with Crippen LogP contribution in [0.25, 0.3) is 60.8 Å². The molecule has 0 spiro atoms. The van der Waals surface area contributed by atoms with Gasteiger partial charge < -0.3 is 9.30 Å². The van der Waals surface area contributed by atoms with Crippen molar-refractivity contribution in [2.75, 3.05) is 0 Å². The minimum atomic E-state index is -1.67. The van der Waals surface area contributed by atoms with E-state index in [1.165, 1.54) is 0 Å². The SMILES string of the molecule is [2H]C([2H])(C)c1cccc2c3cccc(C([2H])([2H])C)c3n(-c3ccnc(-n4c5ccccc5c5ccc(Oc6cc(C(C)C)cc(-n7nc8c(n7)CCCC8)c6)cc54)c3)c12. The Morgan fingerprint density at radius 3 is 2.00 bits per heavy atom. The number of hydrogen-bond donors (Lipinski definition) is 0. The smallest absolute Gasteiger partial charge is 0.139 e. The van der Waals surface area contributed by atoms with Crippen LogP contribution in [-0.2, 0) is 25.6 Å². The quantitative estimate of drug-likeness (QED) is 0.156. The van der Waals surface area contributed by atoms with Crippen molar-refractivity contribution in [3.05, 3.63) is 143 Å². The molecular weight excluding hydrogens is 677 g/mol. The van der Waals surface area contributed by atoms with Gasteiger partial charge in [0.2, 0.25) is 0 Å². The Morgan fingerprint density at radius 1 is 0.636 bits per heavy atom. The molecular formula is C48H44N6O. The van der Waals surface area contributed by atoms with E-state index in [2.05, 4.69) is 54.8 Å². The summed E-state index contributed by atoms with van der Waals surface area (Å²) in [6.45, 7) is 7.49. The van der Waals surface area contributed by atoms with Crippen LogP contribution in [0.5, 0.6) is 11.5 Å². The van der Waals surface area contributed by atoms with Crippen molar-refractivity contribution < 1.29 is 10.2 Å². The summed E-state index contributed by atoms with van der Waals surface area (Å²) in [5, 5.41) is 13.6. The number of benzene rings is 5. The van der Waals surface area contributed by atoms with Gasteiger partial charge in [-0.3, -0.25) is 4.57 Å². The second-order valence-corrected chi connectivity index (χ2v) is 14.7. The average Bonchev–Trinajstić information content (AvgIpc) is 3.90. The van der Waals surface area contributed by atoms with E-state index in [9.17, 15) is 0 Å². The van der Waals surface area contributed by atoms with Crippen LogP contribution >= 0.6 is 0 Å². The van der Waals surface area contributed by atoms with Crippen LogP contribution in [0.15, 0.2) is 115 Å². The molecule has 0 unspecified atom stereocenters. The number of rotatable bonds is 8. The summed E-state index contributed by atoms with van der Waals surface area (Å²) in [6.07, 6.45) is 2.64. The zero-order valence-electron chi connectivity index (χ0n) is 35.5. The summed E-state index contributed by atoms with van der Waals surface area (Å²) >= 11 is 0.